The van der Waals surface area contributed by atoms with E-state index >= 15 is 0 Å². The molecule has 2 heteroatoms. The Hall–Kier alpha value is -2.48. The summed E-state index contributed by atoms with van der Waals surface area (Å²) in [5.74, 6) is 0.617. The molecule has 0 aromatic heterocycles. The average molecular weight is 348 g/mol. The highest BCUT2D eigenvalue weighted by Crippen LogP contribution is 2.47. The Morgan fingerprint density at radius 3 is 1.23 bits per heavy atom. The summed E-state index contributed by atoms with van der Waals surface area (Å²) in [6.45, 7) is 9.06. The van der Waals surface area contributed by atoms with Crippen LogP contribution >= 0.6 is 0 Å². The molecule has 0 spiro atoms. The zero-order valence-corrected chi connectivity index (χ0v) is 16.1. The van der Waals surface area contributed by atoms with E-state index in [9.17, 15) is 10.2 Å². The molecule has 26 heavy (non-hydrogen) atoms. The zero-order chi connectivity index (χ0) is 18.9. The third-order valence-electron chi connectivity index (χ3n) is 6.11. The Morgan fingerprint density at radius 1 is 0.615 bits per heavy atom. The van der Waals surface area contributed by atoms with Crippen molar-refractivity contribution in [2.45, 2.75) is 40.5 Å². The van der Waals surface area contributed by atoms with Crippen LogP contribution in [-0.4, -0.2) is 10.2 Å². The first-order valence-electron chi connectivity index (χ1n) is 9.16. The molecule has 2 aromatic carbocycles. The molecule has 0 radical (unpaired) electrons. The van der Waals surface area contributed by atoms with Crippen LogP contribution in [0.4, 0.5) is 0 Å². The highest BCUT2D eigenvalue weighted by atomic mass is 16.3. The van der Waals surface area contributed by atoms with Gasteiger partial charge in [0.2, 0.25) is 0 Å². The molecule has 2 aromatic rings. The molecule has 2 nitrogen and oxygen atoms in total. The second-order valence-electron chi connectivity index (χ2n) is 8.10. The van der Waals surface area contributed by atoms with Gasteiger partial charge in [0.15, 0.2) is 0 Å². The van der Waals surface area contributed by atoms with E-state index in [2.05, 4.69) is 39.8 Å². The number of benzene rings is 2. The van der Waals surface area contributed by atoms with Crippen molar-refractivity contribution in [3.8, 4) is 11.5 Å². The van der Waals surface area contributed by atoms with E-state index in [1.165, 1.54) is 22.3 Å². The van der Waals surface area contributed by atoms with Crippen molar-refractivity contribution < 1.29 is 10.2 Å². The molecule has 2 atom stereocenters. The summed E-state index contributed by atoms with van der Waals surface area (Å²) in [5.41, 5.74) is 5.24. The molecule has 136 valence electrons. The van der Waals surface area contributed by atoms with Gasteiger partial charge in [-0.25, -0.2) is 0 Å². The van der Waals surface area contributed by atoms with E-state index in [1.54, 1.807) is 24.3 Å². The lowest BCUT2D eigenvalue weighted by atomic mass is 9.64. The first kappa shape index (κ1) is 18.3. The van der Waals surface area contributed by atoms with Crippen molar-refractivity contribution in [2.75, 3.05) is 0 Å². The van der Waals surface area contributed by atoms with Crippen molar-refractivity contribution >= 4 is 0 Å². The van der Waals surface area contributed by atoms with E-state index < -0.39 is 0 Å². The molecule has 0 heterocycles. The van der Waals surface area contributed by atoms with Crippen LogP contribution in [-0.2, 0) is 12.8 Å². The Kier molecular flexibility index (Phi) is 4.70. The Balaban J connectivity index is 1.86. The largest absolute Gasteiger partial charge is 0.508 e. The van der Waals surface area contributed by atoms with Crippen LogP contribution in [0.2, 0.25) is 0 Å². The maximum atomic E-state index is 9.51. The lowest BCUT2D eigenvalue weighted by Crippen LogP contribution is -2.31. The molecule has 2 N–H and O–H groups in total. The Morgan fingerprint density at radius 2 is 0.923 bits per heavy atom. The molecule has 0 fully saturated rings. The van der Waals surface area contributed by atoms with Gasteiger partial charge in [-0.2, -0.15) is 0 Å². The molecule has 0 amide bonds. The van der Waals surface area contributed by atoms with E-state index in [4.69, 9.17) is 0 Å². The van der Waals surface area contributed by atoms with Gasteiger partial charge in [-0.3, -0.25) is 0 Å². The summed E-state index contributed by atoms with van der Waals surface area (Å²) in [4.78, 5) is 0. The summed E-state index contributed by atoms with van der Waals surface area (Å²) in [7, 11) is 0. The monoisotopic (exact) mass is 348 g/mol. The highest BCUT2D eigenvalue weighted by molar-refractivity contribution is 5.41. The Labute approximate surface area is 156 Å². The predicted octanol–water partition coefficient (Wildman–Crippen LogP) is 5.80. The number of hydrogen-bond acceptors (Lipinski definition) is 2. The second kappa shape index (κ2) is 6.68. The van der Waals surface area contributed by atoms with Gasteiger partial charge in [0.1, 0.15) is 11.5 Å². The maximum Gasteiger partial charge on any atom is 0.115 e. The van der Waals surface area contributed by atoms with Gasteiger partial charge in [-0.1, -0.05) is 61.4 Å². The first-order valence-corrected chi connectivity index (χ1v) is 9.16. The van der Waals surface area contributed by atoms with E-state index in [-0.39, 0.29) is 10.8 Å². The van der Waals surface area contributed by atoms with Gasteiger partial charge in [-0.05, 0) is 62.1 Å². The van der Waals surface area contributed by atoms with Crippen LogP contribution in [0.15, 0.2) is 71.8 Å². The summed E-state index contributed by atoms with van der Waals surface area (Å²) in [5, 5.41) is 19.0. The maximum absolute atomic E-state index is 9.51. The van der Waals surface area contributed by atoms with Crippen LogP contribution in [0.3, 0.4) is 0 Å². The minimum Gasteiger partial charge on any atom is -0.508 e. The molecular formula is C24H28O2. The molecule has 2 unspecified atom stereocenters. The zero-order valence-electron chi connectivity index (χ0n) is 16.1. The number of allylic oxidation sites excluding steroid dienone is 4. The summed E-state index contributed by atoms with van der Waals surface area (Å²) < 4.78 is 0. The fourth-order valence-electron chi connectivity index (χ4n) is 3.93. The summed E-state index contributed by atoms with van der Waals surface area (Å²) in [6, 6.07) is 15.0. The van der Waals surface area contributed by atoms with Crippen molar-refractivity contribution in [1.29, 1.82) is 0 Å². The number of hydrogen-bond donors (Lipinski definition) is 2. The van der Waals surface area contributed by atoms with E-state index in [1.807, 2.05) is 24.3 Å². The van der Waals surface area contributed by atoms with Gasteiger partial charge >= 0.3 is 0 Å². The van der Waals surface area contributed by atoms with E-state index in [0.717, 1.165) is 12.8 Å². The molecule has 0 saturated carbocycles. The average Bonchev–Trinajstić information content (AvgIpc) is 2.62. The minimum atomic E-state index is -0.0183. The van der Waals surface area contributed by atoms with Crippen LogP contribution < -0.4 is 0 Å². The van der Waals surface area contributed by atoms with Crippen molar-refractivity contribution in [2.24, 2.45) is 10.8 Å². The molecule has 0 aliphatic heterocycles. The third kappa shape index (κ3) is 3.55. The molecule has 0 bridgehead atoms. The fraction of sp³-hybridized carbons (Fsp3) is 0.333. The van der Waals surface area contributed by atoms with Crippen molar-refractivity contribution in [3.63, 3.8) is 0 Å². The fourth-order valence-corrected chi connectivity index (χ4v) is 3.93. The predicted molar refractivity (Wildman–Crippen MR) is 107 cm³/mol. The topological polar surface area (TPSA) is 40.5 Å². The number of aromatic hydroxyl groups is 2. The van der Waals surface area contributed by atoms with Crippen molar-refractivity contribution in [1.82, 2.24) is 0 Å². The van der Waals surface area contributed by atoms with Gasteiger partial charge < -0.3 is 10.2 Å². The third-order valence-corrected chi connectivity index (χ3v) is 6.11. The van der Waals surface area contributed by atoms with Crippen LogP contribution in [0.25, 0.3) is 0 Å². The summed E-state index contributed by atoms with van der Waals surface area (Å²) >= 11 is 0. The first-order chi connectivity index (χ1) is 12.2. The SMILES string of the molecule is CC1=C(C)C(C)(Cc2ccc(O)cc2)C=CC1(C)Cc1ccc(O)cc1. The van der Waals surface area contributed by atoms with Crippen LogP contribution in [0.1, 0.15) is 38.8 Å². The molecule has 3 rings (SSSR count). The second-order valence-corrected chi connectivity index (χ2v) is 8.10. The smallest absolute Gasteiger partial charge is 0.115 e. The lowest BCUT2D eigenvalue weighted by Gasteiger charge is -2.41. The van der Waals surface area contributed by atoms with Crippen LogP contribution in [0, 0.1) is 10.8 Å². The van der Waals surface area contributed by atoms with E-state index in [0.29, 0.717) is 11.5 Å². The molecule has 0 saturated heterocycles. The molecular weight excluding hydrogens is 320 g/mol. The normalized spacial score (nSPS) is 25.5. The van der Waals surface area contributed by atoms with Crippen molar-refractivity contribution in [3.05, 3.63) is 83.0 Å². The quantitative estimate of drug-likeness (QED) is 0.685. The van der Waals surface area contributed by atoms with Gasteiger partial charge in [-0.15, -0.1) is 0 Å². The lowest BCUT2D eigenvalue weighted by molar-refractivity contribution is 0.418. The summed E-state index contributed by atoms with van der Waals surface area (Å²) in [6.07, 6.45) is 6.54. The van der Waals surface area contributed by atoms with Gasteiger partial charge in [0.25, 0.3) is 0 Å². The van der Waals surface area contributed by atoms with Gasteiger partial charge in [0, 0.05) is 10.8 Å². The minimum absolute atomic E-state index is 0.0183. The van der Waals surface area contributed by atoms with Crippen LogP contribution in [0.5, 0.6) is 11.5 Å². The number of phenols is 2. The Bertz CT molecular complexity index is 771. The standard InChI is InChI=1S/C24H28O2/c1-17-18(2)24(4,16-20-7-11-22(26)12-8-20)14-13-23(17,3)15-19-5-9-21(25)10-6-19/h5-14,25-26H,15-16H2,1-4H3. The molecule has 1 aliphatic carbocycles. The number of rotatable bonds is 4. The van der Waals surface area contributed by atoms with Gasteiger partial charge in [0.05, 0.1) is 0 Å². The highest BCUT2D eigenvalue weighted by Gasteiger charge is 2.36. The number of phenolic OH excluding ortho intramolecular Hbond substituents is 2. The molecule has 1 aliphatic rings.